The van der Waals surface area contributed by atoms with E-state index in [0.29, 0.717) is 6.61 Å². The first-order chi connectivity index (χ1) is 6.56. The molecule has 0 saturated carbocycles. The van der Waals surface area contributed by atoms with E-state index in [4.69, 9.17) is 5.73 Å². The van der Waals surface area contributed by atoms with Crippen molar-refractivity contribution in [2.45, 2.75) is 19.4 Å². The number of amides is 1. The van der Waals surface area contributed by atoms with Gasteiger partial charge in [-0.15, -0.1) is 0 Å². The van der Waals surface area contributed by atoms with Crippen LogP contribution in [-0.4, -0.2) is 42.8 Å². The average Bonchev–Trinajstić information content (AvgIpc) is 2.03. The molecule has 0 bridgehead atoms. The van der Waals surface area contributed by atoms with Gasteiger partial charge in [-0.3, -0.25) is 9.59 Å². The molecule has 4 N–H and O–H groups in total. The summed E-state index contributed by atoms with van der Waals surface area (Å²) in [4.78, 5) is 21.1. The van der Waals surface area contributed by atoms with E-state index in [0.717, 1.165) is 0 Å². The molecule has 0 radical (unpaired) electrons. The third kappa shape index (κ3) is 7.51. The van der Waals surface area contributed by atoms with Crippen LogP contribution in [0.2, 0.25) is 0 Å². The highest BCUT2D eigenvalue weighted by atomic mass is 16.5. The van der Waals surface area contributed by atoms with Crippen LogP contribution < -0.4 is 11.1 Å². The first kappa shape index (κ1) is 12.9. The Morgan fingerprint density at radius 3 is 2.71 bits per heavy atom. The van der Waals surface area contributed by atoms with E-state index < -0.39 is 18.0 Å². The van der Waals surface area contributed by atoms with Crippen molar-refractivity contribution in [3.63, 3.8) is 0 Å². The van der Waals surface area contributed by atoms with E-state index in [-0.39, 0.29) is 19.5 Å². The van der Waals surface area contributed by atoms with E-state index >= 15 is 0 Å². The van der Waals surface area contributed by atoms with E-state index in [9.17, 15) is 14.7 Å². The van der Waals surface area contributed by atoms with Crippen molar-refractivity contribution in [2.24, 2.45) is 5.73 Å². The van der Waals surface area contributed by atoms with E-state index in [1.54, 1.807) is 6.92 Å². The van der Waals surface area contributed by atoms with Crippen molar-refractivity contribution in [2.75, 3.05) is 19.7 Å². The van der Waals surface area contributed by atoms with Gasteiger partial charge in [0.1, 0.15) is 0 Å². The molecule has 0 aliphatic rings. The van der Waals surface area contributed by atoms with Gasteiger partial charge in [-0.25, -0.2) is 0 Å². The van der Waals surface area contributed by atoms with Crippen LogP contribution in [0.25, 0.3) is 0 Å². The average molecular weight is 204 g/mol. The van der Waals surface area contributed by atoms with Crippen LogP contribution in [0.3, 0.4) is 0 Å². The van der Waals surface area contributed by atoms with E-state index in [1.165, 1.54) is 0 Å². The lowest BCUT2D eigenvalue weighted by Gasteiger charge is -2.09. The third-order valence-corrected chi connectivity index (χ3v) is 1.39. The second-order valence-electron chi connectivity index (χ2n) is 2.76. The largest absolute Gasteiger partial charge is 0.466 e. The highest BCUT2D eigenvalue weighted by Crippen LogP contribution is 1.93. The summed E-state index contributed by atoms with van der Waals surface area (Å²) in [5.74, 6) is -0.964. The van der Waals surface area contributed by atoms with Gasteiger partial charge in [0, 0.05) is 6.54 Å². The van der Waals surface area contributed by atoms with Gasteiger partial charge in [-0.1, -0.05) is 0 Å². The quantitative estimate of drug-likeness (QED) is 0.432. The van der Waals surface area contributed by atoms with Gasteiger partial charge in [0.05, 0.1) is 25.7 Å². The van der Waals surface area contributed by atoms with Crippen LogP contribution in [0.4, 0.5) is 0 Å². The summed E-state index contributed by atoms with van der Waals surface area (Å²) >= 11 is 0. The number of aliphatic hydroxyl groups excluding tert-OH is 1. The first-order valence-electron chi connectivity index (χ1n) is 4.39. The minimum absolute atomic E-state index is 0.0140. The summed E-state index contributed by atoms with van der Waals surface area (Å²) in [7, 11) is 0. The lowest BCUT2D eigenvalue weighted by Crippen LogP contribution is -2.35. The molecule has 0 aromatic carbocycles. The molecule has 1 amide bonds. The molecular formula is C8H16N2O4. The molecule has 1 atom stereocenters. The molecule has 82 valence electrons. The monoisotopic (exact) mass is 204 g/mol. The number of nitrogens with two attached hydrogens (primary N) is 1. The standard InChI is InChI=1S/C8H16N2O4/c1-2-14-8(13)3-6(11)4-10-5-7(9)12/h6,10-11H,2-5H2,1H3,(H2,9,12). The molecule has 6 nitrogen and oxygen atoms in total. The minimum atomic E-state index is -0.853. The van der Waals surface area contributed by atoms with Crippen LogP contribution >= 0.6 is 0 Å². The van der Waals surface area contributed by atoms with Crippen molar-refractivity contribution in [1.29, 1.82) is 0 Å². The van der Waals surface area contributed by atoms with E-state index in [2.05, 4.69) is 10.1 Å². The number of aliphatic hydroxyl groups is 1. The summed E-state index contributed by atoms with van der Waals surface area (Å²) < 4.78 is 4.62. The fourth-order valence-corrected chi connectivity index (χ4v) is 0.846. The molecule has 0 heterocycles. The Kier molecular flexibility index (Phi) is 6.69. The molecule has 0 aromatic rings. The molecule has 0 rings (SSSR count). The molecule has 0 saturated heterocycles. The van der Waals surface area contributed by atoms with Crippen molar-refractivity contribution in [3.05, 3.63) is 0 Å². The molecule has 14 heavy (non-hydrogen) atoms. The van der Waals surface area contributed by atoms with Gasteiger partial charge in [0.2, 0.25) is 5.91 Å². The summed E-state index contributed by atoms with van der Waals surface area (Å²) in [5, 5.41) is 11.8. The first-order valence-corrected chi connectivity index (χ1v) is 4.39. The molecule has 0 spiro atoms. The normalized spacial score (nSPS) is 12.1. The van der Waals surface area contributed by atoms with Crippen LogP contribution in [0, 0.1) is 0 Å². The number of carbonyl (C=O) groups is 2. The Labute approximate surface area is 82.4 Å². The molecule has 0 aromatic heterocycles. The molecule has 6 heteroatoms. The summed E-state index contributed by atoms with van der Waals surface area (Å²) in [6, 6.07) is 0. The zero-order valence-electron chi connectivity index (χ0n) is 8.16. The van der Waals surface area contributed by atoms with Crippen molar-refractivity contribution in [1.82, 2.24) is 5.32 Å². The number of hydrogen-bond donors (Lipinski definition) is 3. The molecular weight excluding hydrogens is 188 g/mol. The topological polar surface area (TPSA) is 102 Å². The molecule has 0 aliphatic heterocycles. The molecule has 1 unspecified atom stereocenters. The summed E-state index contributed by atoms with van der Waals surface area (Å²) in [5.41, 5.74) is 4.85. The fourth-order valence-electron chi connectivity index (χ4n) is 0.846. The Bertz CT molecular complexity index is 196. The lowest BCUT2D eigenvalue weighted by atomic mass is 10.2. The van der Waals surface area contributed by atoms with Gasteiger partial charge in [-0.05, 0) is 6.92 Å². The Morgan fingerprint density at radius 1 is 1.57 bits per heavy atom. The number of nitrogens with one attached hydrogen (secondary N) is 1. The Morgan fingerprint density at radius 2 is 2.21 bits per heavy atom. The maximum Gasteiger partial charge on any atom is 0.308 e. The van der Waals surface area contributed by atoms with Gasteiger partial charge in [-0.2, -0.15) is 0 Å². The maximum absolute atomic E-state index is 10.8. The molecule has 0 aliphatic carbocycles. The predicted octanol–water partition coefficient (Wildman–Crippen LogP) is -1.62. The zero-order valence-corrected chi connectivity index (χ0v) is 8.16. The highest BCUT2D eigenvalue weighted by Gasteiger charge is 2.10. The smallest absolute Gasteiger partial charge is 0.308 e. The second kappa shape index (κ2) is 7.28. The summed E-state index contributed by atoms with van der Waals surface area (Å²) in [6.45, 7) is 2.11. The minimum Gasteiger partial charge on any atom is -0.466 e. The zero-order chi connectivity index (χ0) is 11.0. The number of primary amides is 1. The Balaban J connectivity index is 3.49. The van der Waals surface area contributed by atoms with Gasteiger partial charge >= 0.3 is 5.97 Å². The lowest BCUT2D eigenvalue weighted by molar-refractivity contribution is -0.145. The Hall–Kier alpha value is -1.14. The number of ether oxygens (including phenoxy) is 1. The van der Waals surface area contributed by atoms with Crippen LogP contribution in [0.15, 0.2) is 0 Å². The SMILES string of the molecule is CCOC(=O)CC(O)CNCC(N)=O. The van der Waals surface area contributed by atoms with Crippen LogP contribution in [0.1, 0.15) is 13.3 Å². The fraction of sp³-hybridized carbons (Fsp3) is 0.750. The number of hydrogen-bond acceptors (Lipinski definition) is 5. The number of rotatable bonds is 7. The van der Waals surface area contributed by atoms with Gasteiger partial charge < -0.3 is 20.9 Å². The van der Waals surface area contributed by atoms with Crippen molar-refractivity contribution >= 4 is 11.9 Å². The maximum atomic E-state index is 10.8. The third-order valence-electron chi connectivity index (χ3n) is 1.39. The van der Waals surface area contributed by atoms with Crippen molar-refractivity contribution in [3.8, 4) is 0 Å². The number of esters is 1. The highest BCUT2D eigenvalue weighted by molar-refractivity contribution is 5.75. The van der Waals surface area contributed by atoms with Gasteiger partial charge in [0.25, 0.3) is 0 Å². The molecule has 0 fully saturated rings. The van der Waals surface area contributed by atoms with E-state index in [1.807, 2.05) is 0 Å². The summed E-state index contributed by atoms with van der Waals surface area (Å²) in [6.07, 6.45) is -0.937. The number of carbonyl (C=O) groups excluding carboxylic acids is 2. The van der Waals surface area contributed by atoms with Crippen LogP contribution in [-0.2, 0) is 14.3 Å². The van der Waals surface area contributed by atoms with Crippen LogP contribution in [0.5, 0.6) is 0 Å². The van der Waals surface area contributed by atoms with Crippen molar-refractivity contribution < 1.29 is 19.4 Å². The second-order valence-corrected chi connectivity index (χ2v) is 2.76. The predicted molar refractivity (Wildman–Crippen MR) is 49.3 cm³/mol. The van der Waals surface area contributed by atoms with Gasteiger partial charge in [0.15, 0.2) is 0 Å².